The Morgan fingerprint density at radius 1 is 1.28 bits per heavy atom. The molecule has 0 bridgehead atoms. The van der Waals surface area contributed by atoms with Crippen molar-refractivity contribution >= 4 is 23.5 Å². The zero-order valence-corrected chi connectivity index (χ0v) is 15.0. The van der Waals surface area contributed by atoms with E-state index in [0.29, 0.717) is 16.7 Å². The Balaban J connectivity index is 1.69. The van der Waals surface area contributed by atoms with Crippen LogP contribution in [0.15, 0.2) is 52.4 Å². The molecule has 130 valence electrons. The molecule has 0 saturated heterocycles. The van der Waals surface area contributed by atoms with Gasteiger partial charge in [-0.2, -0.15) is 0 Å². The van der Waals surface area contributed by atoms with Gasteiger partial charge in [0.25, 0.3) is 0 Å². The smallest absolute Gasteiger partial charge is 0.238 e. The number of aromatic nitrogens is 4. The van der Waals surface area contributed by atoms with E-state index in [-0.39, 0.29) is 17.2 Å². The van der Waals surface area contributed by atoms with Gasteiger partial charge in [-0.25, -0.2) is 0 Å². The van der Waals surface area contributed by atoms with Crippen LogP contribution in [0.5, 0.6) is 0 Å². The average Bonchev–Trinajstić information content (AvgIpc) is 3.24. The summed E-state index contributed by atoms with van der Waals surface area (Å²) in [5.74, 6) is 0.890. The second kappa shape index (κ2) is 7.52. The third-order valence-electron chi connectivity index (χ3n) is 3.77. The van der Waals surface area contributed by atoms with Crippen molar-refractivity contribution in [3.05, 3.63) is 54.0 Å². The van der Waals surface area contributed by atoms with E-state index >= 15 is 0 Å². The highest BCUT2D eigenvalue weighted by Crippen LogP contribution is 2.27. The Kier molecular flexibility index (Phi) is 5.18. The summed E-state index contributed by atoms with van der Waals surface area (Å²) in [6.45, 7) is 5.67. The first-order valence-corrected chi connectivity index (χ1v) is 8.78. The van der Waals surface area contributed by atoms with Crippen LogP contribution in [0.3, 0.4) is 0 Å². The van der Waals surface area contributed by atoms with E-state index in [0.717, 1.165) is 5.56 Å². The van der Waals surface area contributed by atoms with E-state index < -0.39 is 0 Å². The number of anilines is 1. The van der Waals surface area contributed by atoms with Crippen LogP contribution in [-0.2, 0) is 4.79 Å². The molecule has 0 aliphatic heterocycles. The summed E-state index contributed by atoms with van der Waals surface area (Å²) >= 11 is 1.35. The first-order valence-electron chi connectivity index (χ1n) is 7.90. The maximum absolute atomic E-state index is 12.3. The molecule has 3 aromatic rings. The quantitative estimate of drug-likeness (QED) is 0.681. The number of carbonyl (C=O) groups is 1. The van der Waals surface area contributed by atoms with Crippen LogP contribution in [0.4, 0.5) is 5.82 Å². The molecule has 25 heavy (non-hydrogen) atoms. The molecular formula is C17H19N5O2S. The summed E-state index contributed by atoms with van der Waals surface area (Å²) in [5.41, 5.74) is 1.15. The van der Waals surface area contributed by atoms with Gasteiger partial charge in [0.2, 0.25) is 5.91 Å². The Bertz CT molecular complexity index is 846. The summed E-state index contributed by atoms with van der Waals surface area (Å²) in [5, 5.41) is 15.0. The van der Waals surface area contributed by atoms with Crippen LogP contribution in [0, 0.1) is 6.92 Å². The fraction of sp³-hybridized carbons (Fsp3) is 0.294. The minimum absolute atomic E-state index is 0.0761. The van der Waals surface area contributed by atoms with Crippen molar-refractivity contribution in [2.24, 2.45) is 0 Å². The van der Waals surface area contributed by atoms with E-state index in [9.17, 15) is 4.79 Å². The lowest BCUT2D eigenvalue weighted by Gasteiger charge is -2.17. The van der Waals surface area contributed by atoms with Gasteiger partial charge >= 0.3 is 0 Å². The Hall–Kier alpha value is -2.61. The summed E-state index contributed by atoms with van der Waals surface area (Å²) in [6.07, 6.45) is 1.69. The van der Waals surface area contributed by atoms with Crippen LogP contribution in [0.25, 0.3) is 0 Å². The van der Waals surface area contributed by atoms with Crippen molar-refractivity contribution in [2.45, 2.75) is 37.2 Å². The first kappa shape index (κ1) is 17.2. The molecule has 1 N–H and O–H groups in total. The predicted octanol–water partition coefficient (Wildman–Crippen LogP) is 3.30. The van der Waals surface area contributed by atoms with Crippen LogP contribution in [-0.4, -0.2) is 31.1 Å². The van der Waals surface area contributed by atoms with E-state index in [4.69, 9.17) is 4.52 Å². The molecule has 0 aliphatic rings. The molecule has 3 rings (SSSR count). The fourth-order valence-corrected chi connectivity index (χ4v) is 3.24. The summed E-state index contributed by atoms with van der Waals surface area (Å²) in [7, 11) is 0. The van der Waals surface area contributed by atoms with Crippen LogP contribution in [0.1, 0.15) is 31.2 Å². The van der Waals surface area contributed by atoms with Gasteiger partial charge in [0.15, 0.2) is 11.0 Å². The molecular weight excluding hydrogens is 338 g/mol. The molecule has 7 nitrogen and oxygen atoms in total. The van der Waals surface area contributed by atoms with Crippen LogP contribution < -0.4 is 5.32 Å². The Morgan fingerprint density at radius 2 is 2.04 bits per heavy atom. The highest BCUT2D eigenvalue weighted by Gasteiger charge is 2.21. The second-order valence-electron chi connectivity index (χ2n) is 5.68. The van der Waals surface area contributed by atoms with Crippen LogP contribution in [0.2, 0.25) is 0 Å². The lowest BCUT2D eigenvalue weighted by atomic mass is 10.1. The van der Waals surface area contributed by atoms with E-state index in [2.05, 4.69) is 39.7 Å². The molecule has 0 fully saturated rings. The molecule has 0 radical (unpaired) electrons. The summed E-state index contributed by atoms with van der Waals surface area (Å²) < 4.78 is 6.91. The molecule has 1 amide bonds. The monoisotopic (exact) mass is 357 g/mol. The van der Waals surface area contributed by atoms with Crippen molar-refractivity contribution < 1.29 is 9.32 Å². The molecule has 2 heterocycles. The van der Waals surface area contributed by atoms with Gasteiger partial charge in [0.1, 0.15) is 12.1 Å². The highest BCUT2D eigenvalue weighted by atomic mass is 32.2. The van der Waals surface area contributed by atoms with Gasteiger partial charge in [-0.15, -0.1) is 10.2 Å². The highest BCUT2D eigenvalue weighted by molar-refractivity contribution is 8.00. The third kappa shape index (κ3) is 4.08. The third-order valence-corrected chi connectivity index (χ3v) is 4.84. The standard InChI is InChI=1S/C17H19N5O2S/c1-11-9-15(21-24-11)19-16(23)13(3)25-17-20-18-10-22(17)12(2)14-7-5-4-6-8-14/h4-10,12-13H,1-3H3,(H,19,21,23). The number of carbonyl (C=O) groups excluding carboxylic acids is 1. The lowest BCUT2D eigenvalue weighted by Crippen LogP contribution is -2.23. The second-order valence-corrected chi connectivity index (χ2v) is 6.99. The minimum Gasteiger partial charge on any atom is -0.360 e. The number of nitrogens with one attached hydrogen (secondary N) is 1. The molecule has 0 saturated carbocycles. The lowest BCUT2D eigenvalue weighted by molar-refractivity contribution is -0.115. The number of aryl methyl sites for hydroxylation is 1. The van der Waals surface area contributed by atoms with Gasteiger partial charge in [0, 0.05) is 6.07 Å². The number of nitrogens with zero attached hydrogens (tertiary/aromatic N) is 4. The summed E-state index contributed by atoms with van der Waals surface area (Å²) in [4.78, 5) is 12.3. The van der Waals surface area contributed by atoms with Crippen molar-refractivity contribution in [1.29, 1.82) is 0 Å². The van der Waals surface area contributed by atoms with Gasteiger partial charge < -0.3 is 14.4 Å². The normalized spacial score (nSPS) is 13.4. The number of hydrogen-bond donors (Lipinski definition) is 1. The van der Waals surface area contributed by atoms with Gasteiger partial charge in [-0.1, -0.05) is 47.3 Å². The predicted molar refractivity (Wildman–Crippen MR) is 95.5 cm³/mol. The van der Waals surface area contributed by atoms with Crippen molar-refractivity contribution in [2.75, 3.05) is 5.32 Å². The van der Waals surface area contributed by atoms with Gasteiger partial charge in [-0.05, 0) is 26.3 Å². The van der Waals surface area contributed by atoms with Crippen molar-refractivity contribution in [1.82, 2.24) is 19.9 Å². The first-order chi connectivity index (χ1) is 12.0. The number of benzene rings is 1. The average molecular weight is 357 g/mol. The maximum atomic E-state index is 12.3. The molecule has 2 aromatic heterocycles. The Labute approximate surface area is 149 Å². The SMILES string of the molecule is Cc1cc(NC(=O)C(C)Sc2nncn2C(C)c2ccccc2)no1. The van der Waals surface area contributed by atoms with E-state index in [1.807, 2.05) is 29.7 Å². The largest absolute Gasteiger partial charge is 0.360 e. The maximum Gasteiger partial charge on any atom is 0.238 e. The number of rotatable bonds is 6. The van der Waals surface area contributed by atoms with E-state index in [1.54, 1.807) is 19.3 Å². The Morgan fingerprint density at radius 3 is 2.72 bits per heavy atom. The van der Waals surface area contributed by atoms with Crippen molar-refractivity contribution in [3.63, 3.8) is 0 Å². The van der Waals surface area contributed by atoms with Gasteiger partial charge in [-0.3, -0.25) is 4.79 Å². The zero-order valence-electron chi connectivity index (χ0n) is 14.2. The summed E-state index contributed by atoms with van der Waals surface area (Å²) in [6, 6.07) is 11.8. The number of thioether (sulfide) groups is 1. The minimum atomic E-state index is -0.358. The number of amides is 1. The fourth-order valence-electron chi connectivity index (χ4n) is 2.34. The van der Waals surface area contributed by atoms with E-state index in [1.165, 1.54) is 11.8 Å². The molecule has 2 atom stereocenters. The topological polar surface area (TPSA) is 85.8 Å². The molecule has 8 heteroatoms. The van der Waals surface area contributed by atoms with Crippen molar-refractivity contribution in [3.8, 4) is 0 Å². The van der Waals surface area contributed by atoms with Gasteiger partial charge in [0.05, 0.1) is 11.3 Å². The zero-order chi connectivity index (χ0) is 17.8. The molecule has 0 aliphatic carbocycles. The van der Waals surface area contributed by atoms with Crippen LogP contribution >= 0.6 is 11.8 Å². The molecule has 0 spiro atoms. The molecule has 2 unspecified atom stereocenters. The molecule has 1 aromatic carbocycles. The number of hydrogen-bond acceptors (Lipinski definition) is 6.